The van der Waals surface area contributed by atoms with Crippen LogP contribution in [-0.4, -0.2) is 29.6 Å². The second-order valence-electron chi connectivity index (χ2n) is 5.88. The molecule has 19 heavy (non-hydrogen) atoms. The highest BCUT2D eigenvalue weighted by Crippen LogP contribution is 2.43. The highest BCUT2D eigenvalue weighted by atomic mass is 35.5. The lowest BCUT2D eigenvalue weighted by atomic mass is 9.95. The van der Waals surface area contributed by atoms with E-state index in [2.05, 4.69) is 30.1 Å². The first-order valence-corrected chi connectivity index (χ1v) is 8.64. The number of rotatable bonds is 4. The van der Waals surface area contributed by atoms with Crippen molar-refractivity contribution in [3.8, 4) is 0 Å². The van der Waals surface area contributed by atoms with Crippen molar-refractivity contribution in [1.82, 2.24) is 10.2 Å². The Kier molecular flexibility index (Phi) is 4.18. The summed E-state index contributed by atoms with van der Waals surface area (Å²) in [6, 6.07) is 7.02. The van der Waals surface area contributed by atoms with Crippen molar-refractivity contribution in [1.29, 1.82) is 0 Å². The minimum atomic E-state index is 0.526. The van der Waals surface area contributed by atoms with E-state index in [1.165, 1.54) is 30.6 Å². The zero-order chi connectivity index (χ0) is 13.4. The van der Waals surface area contributed by atoms with Crippen LogP contribution in [0.3, 0.4) is 0 Å². The predicted octanol–water partition coefficient (Wildman–Crippen LogP) is 4.07. The van der Waals surface area contributed by atoms with Gasteiger partial charge in [-0.15, -0.1) is 11.3 Å². The van der Waals surface area contributed by atoms with E-state index >= 15 is 0 Å². The molecule has 2 aliphatic heterocycles. The van der Waals surface area contributed by atoms with Crippen molar-refractivity contribution in [2.45, 2.75) is 63.7 Å². The Balaban J connectivity index is 1.73. The molecule has 0 radical (unpaired) electrons. The van der Waals surface area contributed by atoms with Crippen molar-refractivity contribution < 1.29 is 0 Å². The fraction of sp³-hybridized carbons (Fsp3) is 0.733. The van der Waals surface area contributed by atoms with Gasteiger partial charge in [0.05, 0.1) is 4.34 Å². The average Bonchev–Trinajstić information content (AvgIpc) is 2.92. The first kappa shape index (κ1) is 13.9. The van der Waals surface area contributed by atoms with Gasteiger partial charge in [-0.1, -0.05) is 18.5 Å². The zero-order valence-electron chi connectivity index (χ0n) is 11.7. The van der Waals surface area contributed by atoms with Crippen molar-refractivity contribution >= 4 is 22.9 Å². The zero-order valence-corrected chi connectivity index (χ0v) is 13.3. The van der Waals surface area contributed by atoms with Crippen LogP contribution in [0.25, 0.3) is 0 Å². The van der Waals surface area contributed by atoms with Gasteiger partial charge in [-0.05, 0) is 51.3 Å². The Hall–Kier alpha value is -0.0900. The molecule has 3 heterocycles. The molecule has 2 aliphatic rings. The first-order chi connectivity index (χ1) is 9.19. The Morgan fingerprint density at radius 3 is 2.58 bits per heavy atom. The van der Waals surface area contributed by atoms with Gasteiger partial charge >= 0.3 is 0 Å². The number of halogens is 1. The maximum absolute atomic E-state index is 6.09. The third-order valence-corrected chi connectivity index (χ3v) is 6.14. The van der Waals surface area contributed by atoms with Gasteiger partial charge in [-0.2, -0.15) is 0 Å². The lowest BCUT2D eigenvalue weighted by Gasteiger charge is -2.42. The number of thiophene rings is 1. The largest absolute Gasteiger partial charge is 0.314 e. The molecule has 2 bridgehead atoms. The third kappa shape index (κ3) is 2.71. The molecule has 2 nitrogen and oxygen atoms in total. The van der Waals surface area contributed by atoms with E-state index in [-0.39, 0.29) is 0 Å². The van der Waals surface area contributed by atoms with Gasteiger partial charge in [-0.25, -0.2) is 0 Å². The van der Waals surface area contributed by atoms with Gasteiger partial charge in [0.2, 0.25) is 0 Å². The van der Waals surface area contributed by atoms with Crippen LogP contribution in [-0.2, 0) is 0 Å². The fourth-order valence-corrected chi connectivity index (χ4v) is 5.12. The van der Waals surface area contributed by atoms with Gasteiger partial charge in [0.25, 0.3) is 0 Å². The molecule has 2 fully saturated rings. The topological polar surface area (TPSA) is 15.3 Å². The van der Waals surface area contributed by atoms with Gasteiger partial charge in [0.15, 0.2) is 0 Å². The molecule has 3 atom stereocenters. The minimum absolute atomic E-state index is 0.526. The molecule has 106 valence electrons. The summed E-state index contributed by atoms with van der Waals surface area (Å²) in [4.78, 5) is 4.18. The van der Waals surface area contributed by atoms with Gasteiger partial charge in [0.1, 0.15) is 0 Å². The molecule has 0 aromatic carbocycles. The molecule has 3 rings (SSSR count). The molecule has 0 spiro atoms. The van der Waals surface area contributed by atoms with Crippen LogP contribution in [0.4, 0.5) is 0 Å². The summed E-state index contributed by atoms with van der Waals surface area (Å²) in [5, 5.41) is 3.64. The van der Waals surface area contributed by atoms with Crippen molar-refractivity contribution in [2.24, 2.45) is 0 Å². The monoisotopic (exact) mass is 298 g/mol. The van der Waals surface area contributed by atoms with E-state index in [9.17, 15) is 0 Å². The van der Waals surface area contributed by atoms with Crippen LogP contribution >= 0.6 is 22.9 Å². The normalized spacial score (nSPS) is 32.7. The van der Waals surface area contributed by atoms with Crippen molar-refractivity contribution in [3.05, 3.63) is 21.3 Å². The third-order valence-electron chi connectivity index (χ3n) is 4.74. The molecule has 1 aromatic heterocycles. The maximum atomic E-state index is 6.09. The molecule has 0 saturated carbocycles. The van der Waals surface area contributed by atoms with Gasteiger partial charge < -0.3 is 5.32 Å². The molecule has 0 amide bonds. The van der Waals surface area contributed by atoms with Crippen LogP contribution < -0.4 is 5.32 Å². The SMILES string of the molecule is CCNC1CC2CCC(C1)N2C(C)c1ccc(Cl)s1. The quantitative estimate of drug-likeness (QED) is 0.901. The van der Waals surface area contributed by atoms with E-state index in [0.717, 1.165) is 29.0 Å². The predicted molar refractivity (Wildman–Crippen MR) is 83.1 cm³/mol. The number of hydrogen-bond donors (Lipinski definition) is 1. The number of nitrogens with zero attached hydrogens (tertiary/aromatic N) is 1. The summed E-state index contributed by atoms with van der Waals surface area (Å²) in [6.45, 7) is 5.66. The smallest absolute Gasteiger partial charge is 0.0931 e. The molecule has 1 aromatic rings. The molecule has 2 saturated heterocycles. The van der Waals surface area contributed by atoms with Crippen molar-refractivity contribution in [2.75, 3.05) is 6.54 Å². The highest BCUT2D eigenvalue weighted by molar-refractivity contribution is 7.16. The molecule has 3 unspecified atom stereocenters. The van der Waals surface area contributed by atoms with E-state index in [1.54, 1.807) is 11.3 Å². The van der Waals surface area contributed by atoms with E-state index < -0.39 is 0 Å². The van der Waals surface area contributed by atoms with Crippen LogP contribution in [0.1, 0.15) is 50.4 Å². The van der Waals surface area contributed by atoms with Crippen LogP contribution in [0.15, 0.2) is 12.1 Å². The standard InChI is InChI=1S/C15H23ClN2S/c1-3-17-11-8-12-4-5-13(9-11)18(12)10(2)14-6-7-15(16)19-14/h6-7,10-13,17H,3-5,8-9H2,1-2H3. The van der Waals surface area contributed by atoms with Crippen molar-refractivity contribution in [3.63, 3.8) is 0 Å². The number of hydrogen-bond acceptors (Lipinski definition) is 3. The molecule has 1 N–H and O–H groups in total. The lowest BCUT2D eigenvalue weighted by molar-refractivity contribution is 0.0790. The minimum Gasteiger partial charge on any atom is -0.314 e. The second-order valence-corrected chi connectivity index (χ2v) is 7.62. The summed E-state index contributed by atoms with van der Waals surface area (Å²) < 4.78 is 0.914. The van der Waals surface area contributed by atoms with Crippen LogP contribution in [0.2, 0.25) is 4.34 Å². The first-order valence-electron chi connectivity index (χ1n) is 7.45. The number of piperidine rings is 1. The lowest BCUT2D eigenvalue weighted by Crippen LogP contribution is -2.49. The summed E-state index contributed by atoms with van der Waals surface area (Å²) in [5.74, 6) is 0. The second kappa shape index (κ2) is 5.72. The van der Waals surface area contributed by atoms with Crippen LogP contribution in [0.5, 0.6) is 0 Å². The van der Waals surface area contributed by atoms with E-state index in [0.29, 0.717) is 6.04 Å². The number of fused-ring (bicyclic) bond motifs is 2. The van der Waals surface area contributed by atoms with Gasteiger partial charge in [-0.3, -0.25) is 4.90 Å². The Morgan fingerprint density at radius 2 is 2.05 bits per heavy atom. The summed E-state index contributed by atoms with van der Waals surface area (Å²) in [7, 11) is 0. The fourth-order valence-electron chi connectivity index (χ4n) is 4.00. The number of nitrogens with one attached hydrogen (secondary N) is 1. The molecule has 4 heteroatoms. The maximum Gasteiger partial charge on any atom is 0.0931 e. The Bertz CT molecular complexity index is 420. The van der Waals surface area contributed by atoms with E-state index in [1.807, 2.05) is 6.07 Å². The Morgan fingerprint density at radius 1 is 1.37 bits per heavy atom. The van der Waals surface area contributed by atoms with E-state index in [4.69, 9.17) is 11.6 Å². The summed E-state index contributed by atoms with van der Waals surface area (Å²) in [5.41, 5.74) is 0. The summed E-state index contributed by atoms with van der Waals surface area (Å²) >= 11 is 7.83. The molecular formula is C15H23ClN2S. The summed E-state index contributed by atoms with van der Waals surface area (Å²) in [6.07, 6.45) is 5.37. The average molecular weight is 299 g/mol. The highest BCUT2D eigenvalue weighted by Gasteiger charge is 2.42. The molecular weight excluding hydrogens is 276 g/mol. The van der Waals surface area contributed by atoms with Crippen LogP contribution in [0, 0.1) is 0 Å². The Labute approximate surface area is 125 Å². The van der Waals surface area contributed by atoms with Gasteiger partial charge in [0, 0.05) is 29.0 Å². The molecule has 0 aliphatic carbocycles.